The summed E-state index contributed by atoms with van der Waals surface area (Å²) in [5.74, 6) is -0.412. The Morgan fingerprint density at radius 1 is 1.15 bits per heavy atom. The van der Waals surface area contributed by atoms with E-state index in [1.807, 2.05) is 61.5 Å². The van der Waals surface area contributed by atoms with Gasteiger partial charge in [0.2, 0.25) is 5.91 Å². The first kappa shape index (κ1) is 16.9. The van der Waals surface area contributed by atoms with E-state index < -0.39 is 0 Å². The molecule has 0 radical (unpaired) electrons. The number of ether oxygens (including phenoxy) is 1. The highest BCUT2D eigenvalue weighted by Gasteiger charge is 2.42. The third-order valence-corrected chi connectivity index (χ3v) is 5.50. The second kappa shape index (κ2) is 6.65. The van der Waals surface area contributed by atoms with Crippen LogP contribution in [0.4, 0.5) is 0 Å². The van der Waals surface area contributed by atoms with E-state index in [-0.39, 0.29) is 41.3 Å². The number of nitrogens with zero attached hydrogens (tertiary/aromatic N) is 1. The minimum Gasteiger partial charge on any atom is -0.460 e. The topological polar surface area (TPSA) is 46.6 Å². The minimum absolute atomic E-state index is 0.0484. The lowest BCUT2D eigenvalue weighted by atomic mass is 9.99. The molecule has 3 atom stereocenters. The van der Waals surface area contributed by atoms with Gasteiger partial charge in [-0.3, -0.25) is 14.5 Å². The van der Waals surface area contributed by atoms with Gasteiger partial charge in [-0.2, -0.15) is 0 Å². The summed E-state index contributed by atoms with van der Waals surface area (Å²) in [7, 11) is 0. The van der Waals surface area contributed by atoms with Crippen LogP contribution in [0.3, 0.4) is 0 Å². The first-order valence-corrected chi connectivity index (χ1v) is 9.17. The van der Waals surface area contributed by atoms with Crippen molar-refractivity contribution in [3.8, 4) is 0 Å². The molecule has 4 rings (SSSR count). The molecule has 4 nitrogen and oxygen atoms in total. The zero-order valence-corrected chi connectivity index (χ0v) is 15.2. The van der Waals surface area contributed by atoms with E-state index >= 15 is 0 Å². The molecule has 2 aromatic rings. The van der Waals surface area contributed by atoms with Gasteiger partial charge in [-0.1, -0.05) is 54.6 Å². The number of hydrogen-bond acceptors (Lipinski definition) is 4. The lowest BCUT2D eigenvalue weighted by Crippen LogP contribution is -2.39. The Hall–Kier alpha value is -2.53. The normalized spacial score (nSPS) is 24.5. The number of hydrogen-bond donors (Lipinski definition) is 0. The maximum Gasteiger partial charge on any atom is 0.267 e. The van der Waals surface area contributed by atoms with Crippen LogP contribution in [0.2, 0.25) is 0 Å². The number of carbonyl (C=O) groups excluding carboxylic acids is 2. The summed E-state index contributed by atoms with van der Waals surface area (Å²) >= 11 is 5.31. The standard InChI is InChI=1S/C21H19NO3S/c1-13-20(14-7-3-2-4-8-14)25-21(26)22(13)18(23)12-16-11-15-9-5-6-10-17(15)19(16)24/h2-10,13,16,20H,11-12H2,1H3/t13-,16-,20+/m0/s1. The smallest absolute Gasteiger partial charge is 0.267 e. The van der Waals surface area contributed by atoms with Crippen molar-refractivity contribution < 1.29 is 14.3 Å². The molecule has 1 aliphatic carbocycles. The Balaban J connectivity index is 1.49. The molecule has 1 amide bonds. The molecule has 1 heterocycles. The number of ketones is 1. The SMILES string of the molecule is C[C@H]1[C@H](c2ccccc2)OC(=S)N1C(=O)C[C@@H]1Cc2ccccc2C1=O. The van der Waals surface area contributed by atoms with Crippen LogP contribution in [0, 0.1) is 5.92 Å². The summed E-state index contributed by atoms with van der Waals surface area (Å²) in [6, 6.07) is 17.1. The van der Waals surface area contributed by atoms with E-state index in [2.05, 4.69) is 0 Å². The fourth-order valence-electron chi connectivity index (χ4n) is 3.87. The molecule has 2 aliphatic rings. The number of carbonyl (C=O) groups is 2. The quantitative estimate of drug-likeness (QED) is 0.778. The molecular formula is C21H19NO3S. The number of Topliss-reactive ketones (excluding diaryl/α,β-unsaturated/α-hetero) is 1. The van der Waals surface area contributed by atoms with Crippen molar-refractivity contribution in [2.75, 3.05) is 0 Å². The van der Waals surface area contributed by atoms with Crippen LogP contribution in [-0.2, 0) is 16.0 Å². The van der Waals surface area contributed by atoms with Gasteiger partial charge in [0, 0.05) is 17.9 Å². The number of benzene rings is 2. The van der Waals surface area contributed by atoms with Crippen LogP contribution in [0.25, 0.3) is 0 Å². The van der Waals surface area contributed by atoms with E-state index in [0.29, 0.717) is 6.42 Å². The van der Waals surface area contributed by atoms with Crippen molar-refractivity contribution >= 4 is 29.1 Å². The first-order chi connectivity index (χ1) is 12.6. The van der Waals surface area contributed by atoms with Gasteiger partial charge in [-0.25, -0.2) is 0 Å². The van der Waals surface area contributed by atoms with Crippen molar-refractivity contribution in [1.29, 1.82) is 0 Å². The van der Waals surface area contributed by atoms with Crippen LogP contribution >= 0.6 is 12.2 Å². The molecule has 1 aliphatic heterocycles. The predicted octanol–water partition coefficient (Wildman–Crippen LogP) is 3.71. The van der Waals surface area contributed by atoms with Gasteiger partial charge in [0.05, 0.1) is 6.04 Å². The monoisotopic (exact) mass is 365 g/mol. The average molecular weight is 365 g/mol. The Kier molecular flexibility index (Phi) is 4.32. The number of fused-ring (bicyclic) bond motifs is 1. The summed E-state index contributed by atoms with van der Waals surface area (Å²) in [5.41, 5.74) is 2.74. The molecule has 0 unspecified atom stereocenters. The van der Waals surface area contributed by atoms with Gasteiger partial charge in [-0.05, 0) is 36.7 Å². The van der Waals surface area contributed by atoms with Crippen molar-refractivity contribution in [3.63, 3.8) is 0 Å². The Labute approximate surface area is 157 Å². The maximum atomic E-state index is 12.9. The molecule has 2 aromatic carbocycles. The molecule has 1 fully saturated rings. The number of rotatable bonds is 3. The summed E-state index contributed by atoms with van der Waals surface area (Å²) in [6.45, 7) is 1.93. The van der Waals surface area contributed by atoms with Gasteiger partial charge >= 0.3 is 0 Å². The second-order valence-electron chi connectivity index (χ2n) is 6.85. The Morgan fingerprint density at radius 3 is 2.58 bits per heavy atom. The van der Waals surface area contributed by atoms with Crippen molar-refractivity contribution in [1.82, 2.24) is 4.90 Å². The highest BCUT2D eigenvalue weighted by Crippen LogP contribution is 2.35. The van der Waals surface area contributed by atoms with Crippen LogP contribution in [0.1, 0.15) is 40.9 Å². The highest BCUT2D eigenvalue weighted by atomic mass is 32.1. The third kappa shape index (κ3) is 2.82. The van der Waals surface area contributed by atoms with Crippen molar-refractivity contribution in [3.05, 3.63) is 71.3 Å². The molecule has 0 N–H and O–H groups in total. The Bertz CT molecular complexity index is 880. The minimum atomic E-state index is -0.314. The fourth-order valence-corrected chi connectivity index (χ4v) is 4.25. The zero-order chi connectivity index (χ0) is 18.3. The molecule has 0 aromatic heterocycles. The molecular weight excluding hydrogens is 346 g/mol. The third-order valence-electron chi connectivity index (χ3n) is 5.21. The molecule has 5 heteroatoms. The lowest BCUT2D eigenvalue weighted by molar-refractivity contribution is -0.129. The van der Waals surface area contributed by atoms with Crippen LogP contribution in [0.5, 0.6) is 0 Å². The first-order valence-electron chi connectivity index (χ1n) is 8.76. The van der Waals surface area contributed by atoms with Gasteiger partial charge in [0.15, 0.2) is 5.78 Å². The van der Waals surface area contributed by atoms with E-state index in [1.54, 1.807) is 0 Å². The van der Waals surface area contributed by atoms with Crippen LogP contribution < -0.4 is 0 Å². The van der Waals surface area contributed by atoms with Gasteiger partial charge in [0.25, 0.3) is 5.17 Å². The number of amides is 1. The largest absolute Gasteiger partial charge is 0.460 e. The van der Waals surface area contributed by atoms with E-state index in [0.717, 1.165) is 16.7 Å². The highest BCUT2D eigenvalue weighted by molar-refractivity contribution is 7.80. The molecule has 26 heavy (non-hydrogen) atoms. The lowest BCUT2D eigenvalue weighted by Gasteiger charge is -2.21. The average Bonchev–Trinajstić information content (AvgIpc) is 3.12. The van der Waals surface area contributed by atoms with Gasteiger partial charge in [-0.15, -0.1) is 0 Å². The van der Waals surface area contributed by atoms with Crippen LogP contribution in [0.15, 0.2) is 54.6 Å². The summed E-state index contributed by atoms with van der Waals surface area (Å²) in [6.07, 6.45) is 0.491. The molecule has 132 valence electrons. The summed E-state index contributed by atoms with van der Waals surface area (Å²) in [5, 5.41) is 0.194. The summed E-state index contributed by atoms with van der Waals surface area (Å²) < 4.78 is 5.80. The number of thiocarbonyl (C=S) groups is 1. The molecule has 0 bridgehead atoms. The van der Waals surface area contributed by atoms with E-state index in [1.165, 1.54) is 4.90 Å². The molecule has 1 saturated heterocycles. The fraction of sp³-hybridized carbons (Fsp3) is 0.286. The van der Waals surface area contributed by atoms with Gasteiger partial charge in [0.1, 0.15) is 6.10 Å². The van der Waals surface area contributed by atoms with E-state index in [4.69, 9.17) is 17.0 Å². The molecule has 0 spiro atoms. The Morgan fingerprint density at radius 2 is 1.85 bits per heavy atom. The van der Waals surface area contributed by atoms with E-state index in [9.17, 15) is 9.59 Å². The molecule has 0 saturated carbocycles. The summed E-state index contributed by atoms with van der Waals surface area (Å²) in [4.78, 5) is 27.0. The second-order valence-corrected chi connectivity index (χ2v) is 7.20. The predicted molar refractivity (Wildman–Crippen MR) is 102 cm³/mol. The zero-order valence-electron chi connectivity index (χ0n) is 14.4. The van der Waals surface area contributed by atoms with Crippen molar-refractivity contribution in [2.45, 2.75) is 31.9 Å². The van der Waals surface area contributed by atoms with Crippen LogP contribution in [-0.4, -0.2) is 27.8 Å². The van der Waals surface area contributed by atoms with Crippen molar-refractivity contribution in [2.24, 2.45) is 5.92 Å². The van der Waals surface area contributed by atoms with Gasteiger partial charge < -0.3 is 4.74 Å². The maximum absolute atomic E-state index is 12.9.